The molecule has 37 heavy (non-hydrogen) atoms. The van der Waals surface area contributed by atoms with E-state index in [1.807, 2.05) is 42.6 Å². The highest BCUT2D eigenvalue weighted by molar-refractivity contribution is 7.89. The van der Waals surface area contributed by atoms with Crippen molar-refractivity contribution in [3.8, 4) is 0 Å². The zero-order valence-electron chi connectivity index (χ0n) is 21.7. The van der Waals surface area contributed by atoms with Crippen LogP contribution in [0.15, 0.2) is 55.3 Å². The van der Waals surface area contributed by atoms with Crippen molar-refractivity contribution in [3.63, 3.8) is 0 Å². The summed E-state index contributed by atoms with van der Waals surface area (Å²) in [5, 5.41) is 17.3. The number of amides is 1. The first-order chi connectivity index (χ1) is 17.7. The van der Waals surface area contributed by atoms with E-state index in [-0.39, 0.29) is 11.7 Å². The van der Waals surface area contributed by atoms with Crippen LogP contribution in [0.3, 0.4) is 0 Å². The number of aliphatic hydroxyl groups is 1. The third-order valence-electron chi connectivity index (χ3n) is 7.33. The number of aliphatic hydroxyl groups excluding tert-OH is 1. The Morgan fingerprint density at radius 2 is 2.05 bits per heavy atom. The lowest BCUT2D eigenvalue weighted by atomic mass is 9.88. The number of hydrogen-bond acceptors (Lipinski definition) is 5. The maximum Gasteiger partial charge on any atom is 0.235 e. The molecule has 9 heteroatoms. The summed E-state index contributed by atoms with van der Waals surface area (Å²) in [5.74, 6) is -0.725. The number of rotatable bonds is 11. The topological polar surface area (TPSA) is 104 Å². The van der Waals surface area contributed by atoms with Crippen molar-refractivity contribution < 1.29 is 18.3 Å². The van der Waals surface area contributed by atoms with Crippen molar-refractivity contribution in [2.24, 2.45) is 5.92 Å². The third-order valence-corrected chi connectivity index (χ3v) is 9.08. The minimum absolute atomic E-state index is 0.0437. The van der Waals surface area contributed by atoms with Crippen molar-refractivity contribution in [2.75, 3.05) is 25.9 Å². The van der Waals surface area contributed by atoms with E-state index in [0.29, 0.717) is 38.0 Å². The molecular weight excluding hydrogens is 488 g/mol. The Labute approximate surface area is 220 Å². The molecule has 2 heterocycles. The van der Waals surface area contributed by atoms with Gasteiger partial charge in [0.05, 0.1) is 29.5 Å². The van der Waals surface area contributed by atoms with Crippen LogP contribution < -0.4 is 10.6 Å². The fourth-order valence-electron chi connectivity index (χ4n) is 5.20. The number of aryl methyl sites for hydroxylation is 2. The zero-order chi connectivity index (χ0) is 26.6. The van der Waals surface area contributed by atoms with Gasteiger partial charge in [-0.15, -0.1) is 6.58 Å². The second-order valence-electron chi connectivity index (χ2n) is 9.81. The van der Waals surface area contributed by atoms with E-state index in [9.17, 15) is 18.3 Å². The number of carbonyl (C=O) groups excluding carboxylic acids is 1. The van der Waals surface area contributed by atoms with Crippen LogP contribution >= 0.6 is 0 Å². The summed E-state index contributed by atoms with van der Waals surface area (Å²) in [6.45, 7) is 7.55. The van der Waals surface area contributed by atoms with Gasteiger partial charge in [0.25, 0.3) is 0 Å². The molecule has 1 aliphatic carbocycles. The Balaban J connectivity index is 1.59. The lowest BCUT2D eigenvalue weighted by Crippen LogP contribution is -2.50. The fourth-order valence-corrected chi connectivity index (χ4v) is 6.40. The SMILES string of the molecule is C=CCCNC[C@@H](O)[C@H](Cc1ccccc1)NC(=O)C1C=C2c3c(cn(CC)c3C1)CCS(=O)(=O)N2C. The van der Waals surface area contributed by atoms with Gasteiger partial charge in [-0.2, -0.15) is 0 Å². The fraction of sp³-hybridized carbons (Fsp3) is 0.464. The summed E-state index contributed by atoms with van der Waals surface area (Å²) >= 11 is 0. The van der Waals surface area contributed by atoms with Gasteiger partial charge in [0.15, 0.2) is 0 Å². The Morgan fingerprint density at radius 3 is 2.76 bits per heavy atom. The van der Waals surface area contributed by atoms with Crippen LogP contribution in [0, 0.1) is 5.92 Å². The van der Waals surface area contributed by atoms with Crippen LogP contribution in [-0.2, 0) is 40.6 Å². The smallest absolute Gasteiger partial charge is 0.235 e. The monoisotopic (exact) mass is 526 g/mol. The Kier molecular flexibility index (Phi) is 8.56. The molecule has 1 aromatic heterocycles. The normalized spacial score (nSPS) is 19.8. The molecule has 0 saturated heterocycles. The number of nitrogens with zero attached hydrogens (tertiary/aromatic N) is 2. The Morgan fingerprint density at radius 1 is 1.30 bits per heavy atom. The Bertz CT molecular complexity index is 1250. The summed E-state index contributed by atoms with van der Waals surface area (Å²) in [6.07, 6.45) is 7.05. The number of benzene rings is 1. The highest BCUT2D eigenvalue weighted by Gasteiger charge is 2.37. The van der Waals surface area contributed by atoms with Gasteiger partial charge in [-0.1, -0.05) is 36.4 Å². The predicted molar refractivity (Wildman–Crippen MR) is 146 cm³/mol. The van der Waals surface area contributed by atoms with Crippen molar-refractivity contribution in [1.29, 1.82) is 0 Å². The molecule has 3 atom stereocenters. The number of sulfonamides is 1. The second-order valence-corrected chi connectivity index (χ2v) is 11.9. The minimum Gasteiger partial charge on any atom is -0.390 e. The van der Waals surface area contributed by atoms with Crippen LogP contribution in [0.1, 0.15) is 35.7 Å². The minimum atomic E-state index is -3.47. The van der Waals surface area contributed by atoms with Crippen LogP contribution in [0.5, 0.6) is 0 Å². The van der Waals surface area contributed by atoms with E-state index in [1.165, 1.54) is 4.31 Å². The molecule has 4 rings (SSSR count). The van der Waals surface area contributed by atoms with Crippen LogP contribution in [0.25, 0.3) is 5.70 Å². The van der Waals surface area contributed by atoms with Gasteiger partial charge >= 0.3 is 0 Å². The summed E-state index contributed by atoms with van der Waals surface area (Å²) in [7, 11) is -1.90. The molecule has 0 saturated carbocycles. The summed E-state index contributed by atoms with van der Waals surface area (Å²) in [6, 6.07) is 9.27. The number of hydrogen-bond donors (Lipinski definition) is 3. The van der Waals surface area contributed by atoms with E-state index >= 15 is 0 Å². The van der Waals surface area contributed by atoms with Crippen molar-refractivity contribution in [2.45, 2.75) is 51.3 Å². The number of aromatic nitrogens is 1. The largest absolute Gasteiger partial charge is 0.390 e. The van der Waals surface area contributed by atoms with Gasteiger partial charge < -0.3 is 20.3 Å². The molecule has 200 valence electrons. The maximum atomic E-state index is 13.7. The molecule has 2 aliphatic rings. The van der Waals surface area contributed by atoms with Crippen molar-refractivity contribution in [3.05, 3.63) is 77.6 Å². The molecule has 1 amide bonds. The molecule has 0 bridgehead atoms. The van der Waals surface area contributed by atoms with E-state index < -0.39 is 28.1 Å². The number of nitrogens with one attached hydrogen (secondary N) is 2. The molecule has 8 nitrogen and oxygen atoms in total. The van der Waals surface area contributed by atoms with E-state index in [1.54, 1.807) is 13.1 Å². The standard InChI is InChI=1S/C28H38N4O4S/c1-4-6-13-29-18-26(33)23(15-20-10-8-7-9-11-20)30-28(34)22-16-24-27-21(12-14-37(35,36)31(24)3)19-32(5-2)25(27)17-22/h4,7-11,16,19,22-23,26,29,33H,1,5-6,12-15,17-18H2,2-3H3,(H,30,34)/t22?,23-,26+/m0/s1. The van der Waals surface area contributed by atoms with Gasteiger partial charge in [0.1, 0.15) is 0 Å². The second kappa shape index (κ2) is 11.7. The molecule has 3 N–H and O–H groups in total. The molecule has 0 fully saturated rings. The van der Waals surface area contributed by atoms with Gasteiger partial charge in [-0.05, 0) is 49.9 Å². The van der Waals surface area contributed by atoms with Crippen molar-refractivity contribution in [1.82, 2.24) is 19.5 Å². The zero-order valence-corrected chi connectivity index (χ0v) is 22.5. The predicted octanol–water partition coefficient (Wildman–Crippen LogP) is 2.09. The van der Waals surface area contributed by atoms with Gasteiger partial charge in [-0.3, -0.25) is 9.10 Å². The van der Waals surface area contributed by atoms with Crippen LogP contribution in [0.4, 0.5) is 0 Å². The van der Waals surface area contributed by atoms with Gasteiger partial charge in [0.2, 0.25) is 15.9 Å². The highest BCUT2D eigenvalue weighted by Crippen LogP contribution is 2.38. The summed E-state index contributed by atoms with van der Waals surface area (Å²) in [5.41, 5.74) is 4.54. The first-order valence-electron chi connectivity index (χ1n) is 13.0. The van der Waals surface area contributed by atoms with Gasteiger partial charge in [0, 0.05) is 44.0 Å². The van der Waals surface area contributed by atoms with Gasteiger partial charge in [-0.25, -0.2) is 8.42 Å². The maximum absolute atomic E-state index is 13.7. The third kappa shape index (κ3) is 6.00. The van der Waals surface area contributed by atoms with E-state index in [2.05, 4.69) is 28.7 Å². The average molecular weight is 527 g/mol. The summed E-state index contributed by atoms with van der Waals surface area (Å²) in [4.78, 5) is 13.7. The van der Waals surface area contributed by atoms with E-state index in [4.69, 9.17) is 0 Å². The van der Waals surface area contributed by atoms with Crippen molar-refractivity contribution >= 4 is 21.6 Å². The highest BCUT2D eigenvalue weighted by atomic mass is 32.2. The molecule has 0 radical (unpaired) electrons. The van der Waals surface area contributed by atoms with Crippen LogP contribution in [0.2, 0.25) is 0 Å². The molecular formula is C28H38N4O4S. The first kappa shape index (κ1) is 27.2. The van der Waals surface area contributed by atoms with Crippen LogP contribution in [-0.4, -0.2) is 66.3 Å². The quantitative estimate of drug-likeness (QED) is 0.307. The average Bonchev–Trinajstić information content (AvgIpc) is 3.22. The number of carbonyl (C=O) groups is 1. The molecule has 1 aromatic carbocycles. The molecule has 1 unspecified atom stereocenters. The van der Waals surface area contributed by atoms with E-state index in [0.717, 1.165) is 35.3 Å². The Hall–Kier alpha value is -2.88. The lowest BCUT2D eigenvalue weighted by Gasteiger charge is -2.30. The molecule has 1 aliphatic heterocycles. The first-order valence-corrected chi connectivity index (χ1v) is 14.6. The lowest BCUT2D eigenvalue weighted by molar-refractivity contribution is -0.125. The molecule has 2 aromatic rings. The summed E-state index contributed by atoms with van der Waals surface area (Å²) < 4.78 is 29.2. The molecule has 0 spiro atoms.